The quantitative estimate of drug-likeness (QED) is 0.150. The van der Waals surface area contributed by atoms with Crippen molar-refractivity contribution in [2.24, 2.45) is 0 Å². The summed E-state index contributed by atoms with van der Waals surface area (Å²) in [6.07, 6.45) is 1.82. The van der Waals surface area contributed by atoms with E-state index in [4.69, 9.17) is 18.9 Å². The van der Waals surface area contributed by atoms with Crippen LogP contribution >= 0.6 is 0 Å². The number of pyridine rings is 1. The predicted octanol–water partition coefficient (Wildman–Crippen LogP) is 15.2. The number of fused-ring (bicyclic) bond motifs is 7. The minimum absolute atomic E-state index is 0.795. The molecule has 0 fully saturated rings. The van der Waals surface area contributed by atoms with Gasteiger partial charge in [0.05, 0.1) is 25.1 Å². The number of hydrogen-bond donors (Lipinski definition) is 0. The monoisotopic (exact) mass is 805 g/mol. The van der Waals surface area contributed by atoms with Crippen molar-refractivity contribution in [3.05, 3.63) is 182 Å². The van der Waals surface area contributed by atoms with Crippen molar-refractivity contribution in [1.29, 1.82) is 0 Å². The lowest BCUT2D eigenvalue weighted by Crippen LogP contribution is -2.37. The largest absolute Gasteiger partial charge is 0.456 e. The molecular weight excluding hydrogens is 767 g/mol. The maximum Gasteiger partial charge on any atom is 0.159 e. The first kappa shape index (κ1) is 35.3. The molecule has 0 spiro atoms. The van der Waals surface area contributed by atoms with Gasteiger partial charge in [-0.05, 0) is 108 Å². The molecule has 7 heteroatoms. The fourth-order valence-corrected chi connectivity index (χ4v) is 10.3. The Kier molecular flexibility index (Phi) is 7.80. The van der Waals surface area contributed by atoms with E-state index in [9.17, 15) is 0 Å². The van der Waals surface area contributed by atoms with Crippen molar-refractivity contribution < 1.29 is 13.9 Å². The highest BCUT2D eigenvalue weighted by molar-refractivity contribution is 6.88. The van der Waals surface area contributed by atoms with Gasteiger partial charge in [0.25, 0.3) is 0 Å². The lowest BCUT2D eigenvalue weighted by atomic mass is 9.88. The molecule has 292 valence electrons. The average molecular weight is 806 g/mol. The van der Waals surface area contributed by atoms with Gasteiger partial charge in [-0.2, -0.15) is 0 Å². The van der Waals surface area contributed by atoms with Crippen molar-refractivity contribution in [3.63, 3.8) is 0 Å². The Hall–Kier alpha value is -7.61. The predicted molar refractivity (Wildman–Crippen MR) is 252 cm³/mol. The summed E-state index contributed by atoms with van der Waals surface area (Å²) in [5.74, 6) is 4.03. The maximum absolute atomic E-state index is 6.91. The van der Waals surface area contributed by atoms with Gasteiger partial charge in [-0.1, -0.05) is 91.6 Å². The van der Waals surface area contributed by atoms with Crippen LogP contribution in [-0.2, 0) is 0 Å². The molecule has 0 saturated heterocycles. The molecule has 0 bridgehead atoms. The summed E-state index contributed by atoms with van der Waals surface area (Å²) in [7, 11) is -1.52. The second-order valence-corrected chi connectivity index (χ2v) is 21.9. The zero-order valence-electron chi connectivity index (χ0n) is 33.9. The van der Waals surface area contributed by atoms with E-state index < -0.39 is 8.07 Å². The molecule has 0 aliphatic carbocycles. The van der Waals surface area contributed by atoms with E-state index in [2.05, 4.69) is 157 Å². The number of aromatic nitrogens is 1. The van der Waals surface area contributed by atoms with Crippen LogP contribution in [0.1, 0.15) is 0 Å². The molecule has 0 atom stereocenters. The van der Waals surface area contributed by atoms with Crippen molar-refractivity contribution in [2.75, 3.05) is 9.80 Å². The minimum atomic E-state index is -1.52. The van der Waals surface area contributed by atoms with Crippen LogP contribution < -0.4 is 24.5 Å². The molecule has 4 heterocycles. The normalized spacial score (nSPS) is 12.4. The first-order valence-electron chi connectivity index (χ1n) is 20.7. The van der Waals surface area contributed by atoms with E-state index in [-0.39, 0.29) is 0 Å². The van der Waals surface area contributed by atoms with E-state index in [1.54, 1.807) is 0 Å². The Balaban J connectivity index is 0.968. The van der Waals surface area contributed by atoms with Crippen molar-refractivity contribution in [1.82, 2.24) is 4.98 Å². The molecule has 0 saturated carbocycles. The first-order chi connectivity index (χ1) is 29.9. The zero-order valence-corrected chi connectivity index (χ0v) is 34.9. The first-order valence-corrected chi connectivity index (χ1v) is 24.2. The Morgan fingerprint density at radius 2 is 1.02 bits per heavy atom. The molecule has 61 heavy (non-hydrogen) atoms. The van der Waals surface area contributed by atoms with Gasteiger partial charge >= 0.3 is 0 Å². The summed E-state index contributed by atoms with van der Waals surface area (Å²) in [5.41, 5.74) is 11.0. The third-order valence-electron chi connectivity index (χ3n) is 12.1. The van der Waals surface area contributed by atoms with Crippen LogP contribution in [0.25, 0.3) is 55.0 Å². The van der Waals surface area contributed by atoms with Gasteiger partial charge < -0.3 is 18.8 Å². The summed E-state index contributed by atoms with van der Waals surface area (Å²) in [4.78, 5) is 9.15. The number of nitrogens with zero attached hydrogens (tertiary/aromatic N) is 3. The lowest BCUT2D eigenvalue weighted by Gasteiger charge is -2.30. The Bertz CT molecular complexity index is 3320. The topological polar surface area (TPSA) is 51.0 Å². The number of ether oxygens (including phenoxy) is 2. The molecule has 0 unspecified atom stereocenters. The molecule has 2 aromatic heterocycles. The summed E-state index contributed by atoms with van der Waals surface area (Å²) >= 11 is 0. The van der Waals surface area contributed by atoms with Crippen LogP contribution in [0.4, 0.5) is 34.3 Å². The van der Waals surface area contributed by atoms with Gasteiger partial charge in [0.15, 0.2) is 5.58 Å². The van der Waals surface area contributed by atoms with Crippen molar-refractivity contribution in [2.45, 2.75) is 19.6 Å². The van der Waals surface area contributed by atoms with Crippen molar-refractivity contribution >= 4 is 80.2 Å². The SMILES string of the molecule is C[Si](C)(C)c1ccc(N(c2ccc3c(c2)Oc2ccc4c5c(ccc-3c25)Oc2cc(N(c3ccccc3)c3ccccn3)ccc2-4)c2cccc3c2oc2ccccc23)cc1. The van der Waals surface area contributed by atoms with Gasteiger partial charge in [0.1, 0.15) is 34.4 Å². The van der Waals surface area contributed by atoms with Gasteiger partial charge in [-0.3, -0.25) is 4.90 Å². The average Bonchev–Trinajstić information content (AvgIpc) is 3.68. The Morgan fingerprint density at radius 3 is 1.67 bits per heavy atom. The summed E-state index contributed by atoms with van der Waals surface area (Å²) in [5, 5.41) is 5.70. The molecule has 6 nitrogen and oxygen atoms in total. The standard InChI is InChI=1S/C54H39N3O3Si/c1-61(2,3)38-23-19-35(20-24-38)56(45-16-11-15-44-39-14-7-8-17-46(39)60-54(44)45)36-21-25-40-42-27-30-48-53-43(28-29-47(52(42)53)58-49(40)32-36)41-26-22-37(33-50(41)59-48)57(34-12-5-4-6-13-34)51-18-9-10-31-55-51/h4-33H,1-3H3. The highest BCUT2D eigenvalue weighted by Crippen LogP contribution is 2.56. The Labute approximate surface area is 354 Å². The van der Waals surface area contributed by atoms with E-state index in [0.717, 1.165) is 112 Å². The van der Waals surface area contributed by atoms with E-state index >= 15 is 0 Å². The van der Waals surface area contributed by atoms with Gasteiger partial charge in [0, 0.05) is 62.4 Å². The second kappa shape index (κ2) is 13.5. The summed E-state index contributed by atoms with van der Waals surface area (Å²) in [6.45, 7) is 7.15. The molecule has 8 aromatic carbocycles. The number of benzene rings is 8. The fraction of sp³-hybridized carbons (Fsp3) is 0.0556. The molecule has 2 aliphatic heterocycles. The van der Waals surface area contributed by atoms with Gasteiger partial charge in [0.2, 0.25) is 0 Å². The number of anilines is 6. The molecule has 12 rings (SSSR count). The van der Waals surface area contributed by atoms with E-state index in [1.165, 1.54) is 5.19 Å². The van der Waals surface area contributed by atoms with Crippen LogP contribution in [0.3, 0.4) is 0 Å². The van der Waals surface area contributed by atoms with Crippen LogP contribution in [0.5, 0.6) is 23.0 Å². The fourth-order valence-electron chi connectivity index (χ4n) is 9.13. The highest BCUT2D eigenvalue weighted by atomic mass is 28.3. The molecular formula is C54H39N3O3Si. The number of furan rings is 1. The minimum Gasteiger partial charge on any atom is -0.456 e. The highest BCUT2D eigenvalue weighted by Gasteiger charge is 2.30. The molecule has 0 N–H and O–H groups in total. The van der Waals surface area contributed by atoms with Gasteiger partial charge in [-0.15, -0.1) is 0 Å². The Morgan fingerprint density at radius 1 is 0.443 bits per heavy atom. The molecule has 0 radical (unpaired) electrons. The molecule has 10 aromatic rings. The zero-order chi connectivity index (χ0) is 40.8. The number of hydrogen-bond acceptors (Lipinski definition) is 6. The summed E-state index contributed by atoms with van der Waals surface area (Å²) < 4.78 is 20.3. The lowest BCUT2D eigenvalue weighted by molar-refractivity contribution is 0.480. The van der Waals surface area contributed by atoms with Crippen LogP contribution in [0.15, 0.2) is 187 Å². The number of para-hydroxylation sites is 3. The summed E-state index contributed by atoms with van der Waals surface area (Å²) in [6, 6.07) is 61.5. The second-order valence-electron chi connectivity index (χ2n) is 16.8. The van der Waals surface area contributed by atoms with E-state index in [1.807, 2.05) is 54.7 Å². The van der Waals surface area contributed by atoms with Crippen molar-refractivity contribution in [3.8, 4) is 45.3 Å². The van der Waals surface area contributed by atoms with Gasteiger partial charge in [-0.25, -0.2) is 4.98 Å². The maximum atomic E-state index is 6.91. The number of rotatable bonds is 7. The molecule has 0 amide bonds. The third kappa shape index (κ3) is 5.65. The van der Waals surface area contributed by atoms with E-state index in [0.29, 0.717) is 0 Å². The molecule has 2 aliphatic rings. The van der Waals surface area contributed by atoms with Crippen LogP contribution in [-0.4, -0.2) is 13.1 Å². The van der Waals surface area contributed by atoms with Crippen LogP contribution in [0, 0.1) is 0 Å². The van der Waals surface area contributed by atoms with Crippen LogP contribution in [0.2, 0.25) is 19.6 Å². The third-order valence-corrected chi connectivity index (χ3v) is 14.1. The smallest absolute Gasteiger partial charge is 0.159 e.